The Morgan fingerprint density at radius 1 is 1.16 bits per heavy atom. The van der Waals surface area contributed by atoms with Gasteiger partial charge in [-0.25, -0.2) is 0 Å². The summed E-state index contributed by atoms with van der Waals surface area (Å²) in [5.74, 6) is 0. The van der Waals surface area contributed by atoms with Crippen molar-refractivity contribution in [3.63, 3.8) is 0 Å². The van der Waals surface area contributed by atoms with E-state index in [0.29, 0.717) is 6.04 Å². The van der Waals surface area contributed by atoms with Crippen molar-refractivity contribution in [1.82, 2.24) is 15.1 Å². The zero-order chi connectivity index (χ0) is 13.5. The molecule has 0 aromatic heterocycles. The Morgan fingerprint density at radius 3 is 2.63 bits per heavy atom. The SMILES string of the molecule is CNC1(CO)CCC(N2CCC3CCC(C2)N3C)C1. The quantitative estimate of drug-likeness (QED) is 0.788. The van der Waals surface area contributed by atoms with E-state index in [4.69, 9.17) is 0 Å². The van der Waals surface area contributed by atoms with Gasteiger partial charge in [-0.05, 0) is 59.2 Å². The van der Waals surface area contributed by atoms with Gasteiger partial charge in [0.2, 0.25) is 0 Å². The molecular weight excluding hydrogens is 238 g/mol. The van der Waals surface area contributed by atoms with E-state index in [2.05, 4.69) is 22.2 Å². The predicted octanol–water partition coefficient (Wildman–Crippen LogP) is 0.658. The van der Waals surface area contributed by atoms with Crippen LogP contribution in [0.25, 0.3) is 0 Å². The van der Waals surface area contributed by atoms with Crippen molar-refractivity contribution in [2.24, 2.45) is 0 Å². The molecule has 2 N–H and O–H groups in total. The van der Waals surface area contributed by atoms with Gasteiger partial charge in [-0.15, -0.1) is 0 Å². The van der Waals surface area contributed by atoms with E-state index in [1.165, 1.54) is 38.8 Å². The van der Waals surface area contributed by atoms with Crippen molar-refractivity contribution in [3.8, 4) is 0 Å². The number of fused-ring (bicyclic) bond motifs is 2. The van der Waals surface area contributed by atoms with Gasteiger partial charge in [-0.3, -0.25) is 9.80 Å². The molecule has 4 heteroatoms. The molecule has 4 unspecified atom stereocenters. The van der Waals surface area contributed by atoms with Crippen molar-refractivity contribution >= 4 is 0 Å². The van der Waals surface area contributed by atoms with Crippen LogP contribution >= 0.6 is 0 Å². The Bertz CT molecular complexity index is 319. The highest BCUT2D eigenvalue weighted by atomic mass is 16.3. The zero-order valence-corrected chi connectivity index (χ0v) is 12.4. The molecule has 1 aliphatic carbocycles. The lowest BCUT2D eigenvalue weighted by atomic mass is 9.98. The molecule has 3 aliphatic rings. The van der Waals surface area contributed by atoms with E-state index in [1.807, 2.05) is 7.05 Å². The van der Waals surface area contributed by atoms with Crippen LogP contribution in [0.4, 0.5) is 0 Å². The maximum absolute atomic E-state index is 9.65. The van der Waals surface area contributed by atoms with E-state index in [1.54, 1.807) is 0 Å². The van der Waals surface area contributed by atoms with Crippen LogP contribution in [-0.4, -0.2) is 72.4 Å². The maximum Gasteiger partial charge on any atom is 0.0613 e. The third-order valence-corrected chi connectivity index (χ3v) is 6.11. The summed E-state index contributed by atoms with van der Waals surface area (Å²) in [5, 5.41) is 13.0. The molecule has 2 bridgehead atoms. The average Bonchev–Trinajstić information content (AvgIpc) is 2.93. The highest BCUT2D eigenvalue weighted by molar-refractivity contribution is 5.01. The van der Waals surface area contributed by atoms with Crippen LogP contribution in [0.15, 0.2) is 0 Å². The largest absolute Gasteiger partial charge is 0.394 e. The number of likely N-dealkylation sites (tertiary alicyclic amines) is 1. The Hall–Kier alpha value is -0.160. The lowest BCUT2D eigenvalue weighted by Gasteiger charge is -2.33. The van der Waals surface area contributed by atoms with Gasteiger partial charge in [0.05, 0.1) is 6.61 Å². The second-order valence-corrected chi connectivity index (χ2v) is 6.92. The van der Waals surface area contributed by atoms with E-state index in [0.717, 1.165) is 24.9 Å². The highest BCUT2D eigenvalue weighted by Gasteiger charge is 2.42. The molecule has 0 aromatic carbocycles. The average molecular weight is 267 g/mol. The molecule has 2 aliphatic heterocycles. The van der Waals surface area contributed by atoms with Crippen LogP contribution < -0.4 is 5.32 Å². The first-order valence-corrected chi connectivity index (χ1v) is 7.93. The third kappa shape index (κ3) is 2.44. The van der Waals surface area contributed by atoms with Gasteiger partial charge >= 0.3 is 0 Å². The Labute approximate surface area is 117 Å². The van der Waals surface area contributed by atoms with Gasteiger partial charge in [0.15, 0.2) is 0 Å². The smallest absolute Gasteiger partial charge is 0.0613 e. The Morgan fingerprint density at radius 2 is 1.95 bits per heavy atom. The van der Waals surface area contributed by atoms with E-state index in [-0.39, 0.29) is 12.1 Å². The van der Waals surface area contributed by atoms with Gasteiger partial charge < -0.3 is 10.4 Å². The maximum atomic E-state index is 9.65. The standard InChI is InChI=1S/C15H29N3O/c1-16-15(11-19)7-5-13(9-15)18-8-6-12-3-4-14(10-18)17(12)2/h12-14,16,19H,3-11H2,1-2H3. The van der Waals surface area contributed by atoms with Crippen molar-refractivity contribution in [3.05, 3.63) is 0 Å². The Balaban J connectivity index is 1.64. The second kappa shape index (κ2) is 5.32. The topological polar surface area (TPSA) is 38.7 Å². The fraction of sp³-hybridized carbons (Fsp3) is 1.00. The predicted molar refractivity (Wildman–Crippen MR) is 77.3 cm³/mol. The molecule has 0 spiro atoms. The molecule has 2 heterocycles. The molecule has 0 amide bonds. The van der Waals surface area contributed by atoms with Gasteiger partial charge in [0.25, 0.3) is 0 Å². The van der Waals surface area contributed by atoms with Gasteiger partial charge in [-0.1, -0.05) is 0 Å². The molecule has 3 rings (SSSR count). The van der Waals surface area contributed by atoms with Crippen LogP contribution in [0.1, 0.15) is 38.5 Å². The summed E-state index contributed by atoms with van der Waals surface area (Å²) < 4.78 is 0. The number of hydrogen-bond acceptors (Lipinski definition) is 4. The zero-order valence-electron chi connectivity index (χ0n) is 12.4. The summed E-state index contributed by atoms with van der Waals surface area (Å²) >= 11 is 0. The minimum Gasteiger partial charge on any atom is -0.394 e. The number of nitrogens with zero attached hydrogens (tertiary/aromatic N) is 2. The van der Waals surface area contributed by atoms with Gasteiger partial charge in [0.1, 0.15) is 0 Å². The normalized spacial score (nSPS) is 44.7. The number of aliphatic hydroxyl groups is 1. The van der Waals surface area contributed by atoms with Crippen LogP contribution in [0.2, 0.25) is 0 Å². The summed E-state index contributed by atoms with van der Waals surface area (Å²) in [6.07, 6.45) is 7.57. The molecule has 4 nitrogen and oxygen atoms in total. The number of hydrogen-bond donors (Lipinski definition) is 2. The summed E-state index contributed by atoms with van der Waals surface area (Å²) in [6.45, 7) is 2.77. The molecule has 4 atom stereocenters. The number of likely N-dealkylation sites (N-methyl/N-ethyl adjacent to an activating group) is 2. The fourth-order valence-electron chi connectivity index (χ4n) is 4.53. The molecule has 0 aromatic rings. The number of aliphatic hydroxyl groups excluding tert-OH is 1. The lowest BCUT2D eigenvalue weighted by Crippen LogP contribution is -2.47. The van der Waals surface area contributed by atoms with Crippen molar-refractivity contribution in [1.29, 1.82) is 0 Å². The third-order valence-electron chi connectivity index (χ3n) is 6.11. The van der Waals surface area contributed by atoms with Crippen molar-refractivity contribution in [2.45, 2.75) is 62.2 Å². The van der Waals surface area contributed by atoms with Crippen LogP contribution in [0.3, 0.4) is 0 Å². The highest BCUT2D eigenvalue weighted by Crippen LogP contribution is 2.36. The summed E-state index contributed by atoms with van der Waals surface area (Å²) in [6, 6.07) is 2.27. The van der Waals surface area contributed by atoms with Crippen LogP contribution in [0.5, 0.6) is 0 Å². The molecule has 110 valence electrons. The Kier molecular flexibility index (Phi) is 3.87. The van der Waals surface area contributed by atoms with Crippen molar-refractivity contribution < 1.29 is 5.11 Å². The van der Waals surface area contributed by atoms with E-state index in [9.17, 15) is 5.11 Å². The molecule has 0 radical (unpaired) electrons. The van der Waals surface area contributed by atoms with Gasteiger partial charge in [-0.2, -0.15) is 0 Å². The molecular formula is C15H29N3O. The lowest BCUT2D eigenvalue weighted by molar-refractivity contribution is 0.140. The summed E-state index contributed by atoms with van der Waals surface area (Å²) in [5.41, 5.74) is -0.0120. The van der Waals surface area contributed by atoms with Crippen LogP contribution in [0, 0.1) is 0 Å². The number of rotatable bonds is 3. The van der Waals surface area contributed by atoms with Crippen LogP contribution in [-0.2, 0) is 0 Å². The van der Waals surface area contributed by atoms with Crippen molar-refractivity contribution in [2.75, 3.05) is 33.8 Å². The monoisotopic (exact) mass is 267 g/mol. The fourth-order valence-corrected chi connectivity index (χ4v) is 4.53. The van der Waals surface area contributed by atoms with E-state index >= 15 is 0 Å². The van der Waals surface area contributed by atoms with Gasteiger partial charge in [0, 0.05) is 30.2 Å². The molecule has 3 fully saturated rings. The minimum atomic E-state index is -0.0120. The summed E-state index contributed by atoms with van der Waals surface area (Å²) in [7, 11) is 4.31. The minimum absolute atomic E-state index is 0.0120. The molecule has 1 saturated carbocycles. The number of nitrogens with one attached hydrogen (secondary N) is 1. The molecule has 19 heavy (non-hydrogen) atoms. The first-order chi connectivity index (χ1) is 9.17. The molecule has 2 saturated heterocycles. The van der Waals surface area contributed by atoms with E-state index < -0.39 is 0 Å². The first-order valence-electron chi connectivity index (χ1n) is 7.93. The summed E-state index contributed by atoms with van der Waals surface area (Å²) in [4.78, 5) is 5.33. The first kappa shape index (κ1) is 13.8. The second-order valence-electron chi connectivity index (χ2n) is 6.92.